The quantitative estimate of drug-likeness (QED) is 0.717. The first-order chi connectivity index (χ1) is 10.2. The van der Waals surface area contributed by atoms with Crippen LogP contribution in [0.3, 0.4) is 0 Å². The molecule has 21 heavy (non-hydrogen) atoms. The molecule has 2 aromatic rings. The van der Waals surface area contributed by atoms with Gasteiger partial charge < -0.3 is 5.32 Å². The van der Waals surface area contributed by atoms with Crippen molar-refractivity contribution < 1.29 is 0 Å². The van der Waals surface area contributed by atoms with Crippen LogP contribution in [-0.2, 0) is 13.5 Å². The lowest BCUT2D eigenvalue weighted by Crippen LogP contribution is -2.33. The second kappa shape index (κ2) is 8.61. The third-order valence-electron chi connectivity index (χ3n) is 3.19. The van der Waals surface area contributed by atoms with E-state index in [9.17, 15) is 0 Å². The Kier molecular flexibility index (Phi) is 6.80. The summed E-state index contributed by atoms with van der Waals surface area (Å²) in [5.74, 6) is 1.07. The smallest absolute Gasteiger partial charge is 0.0522 e. The topological polar surface area (TPSA) is 29.9 Å². The number of nitrogens with one attached hydrogen (secondary N) is 1. The van der Waals surface area contributed by atoms with Crippen molar-refractivity contribution in [1.29, 1.82) is 0 Å². The standard InChI is InChI=1S/C16H22BrN3S/c1-3-8-18-15(9-13-10-19-20(2)11-13)12-21-16-6-4-14(17)5-7-16/h4-7,10-11,15,18H,3,8-9,12H2,1-2H3. The highest BCUT2D eigenvalue weighted by Gasteiger charge is 2.11. The van der Waals surface area contributed by atoms with E-state index in [0.717, 1.165) is 29.6 Å². The minimum absolute atomic E-state index is 0.475. The fourth-order valence-corrected chi connectivity index (χ4v) is 3.35. The van der Waals surface area contributed by atoms with Gasteiger partial charge in [0.25, 0.3) is 0 Å². The predicted molar refractivity (Wildman–Crippen MR) is 93.9 cm³/mol. The Bertz CT molecular complexity index is 539. The zero-order valence-electron chi connectivity index (χ0n) is 12.6. The lowest BCUT2D eigenvalue weighted by Gasteiger charge is -2.17. The van der Waals surface area contributed by atoms with E-state index in [1.165, 1.54) is 10.5 Å². The molecule has 0 aliphatic rings. The maximum absolute atomic E-state index is 4.25. The van der Waals surface area contributed by atoms with Gasteiger partial charge in [0.15, 0.2) is 0 Å². The van der Waals surface area contributed by atoms with Gasteiger partial charge in [0.1, 0.15) is 0 Å². The van der Waals surface area contributed by atoms with Gasteiger partial charge in [0.2, 0.25) is 0 Å². The molecule has 1 atom stereocenters. The number of rotatable bonds is 8. The highest BCUT2D eigenvalue weighted by atomic mass is 79.9. The normalized spacial score (nSPS) is 12.5. The molecule has 3 nitrogen and oxygen atoms in total. The molecule has 1 aromatic carbocycles. The van der Waals surface area contributed by atoms with Crippen molar-refractivity contribution in [3.63, 3.8) is 0 Å². The van der Waals surface area contributed by atoms with Crippen molar-refractivity contribution in [2.75, 3.05) is 12.3 Å². The number of benzene rings is 1. The first-order valence-corrected chi connectivity index (χ1v) is 9.04. The zero-order chi connectivity index (χ0) is 15.1. The Morgan fingerprint density at radius 3 is 2.71 bits per heavy atom. The maximum Gasteiger partial charge on any atom is 0.0522 e. The van der Waals surface area contributed by atoms with E-state index in [0.29, 0.717) is 6.04 Å². The van der Waals surface area contributed by atoms with Gasteiger partial charge in [-0.15, -0.1) is 11.8 Å². The summed E-state index contributed by atoms with van der Waals surface area (Å²) in [6, 6.07) is 8.99. The minimum Gasteiger partial charge on any atom is -0.313 e. The number of halogens is 1. The van der Waals surface area contributed by atoms with Gasteiger partial charge >= 0.3 is 0 Å². The molecule has 0 radical (unpaired) electrons. The van der Waals surface area contributed by atoms with Gasteiger partial charge in [-0.1, -0.05) is 22.9 Å². The van der Waals surface area contributed by atoms with Gasteiger partial charge in [0, 0.05) is 34.4 Å². The summed E-state index contributed by atoms with van der Waals surface area (Å²) < 4.78 is 3.00. The zero-order valence-corrected chi connectivity index (χ0v) is 15.0. The summed E-state index contributed by atoms with van der Waals surface area (Å²) in [4.78, 5) is 1.31. The van der Waals surface area contributed by atoms with Crippen LogP contribution in [0.4, 0.5) is 0 Å². The molecule has 0 fully saturated rings. The highest BCUT2D eigenvalue weighted by molar-refractivity contribution is 9.10. The second-order valence-electron chi connectivity index (χ2n) is 5.14. The van der Waals surface area contributed by atoms with Crippen LogP contribution in [0, 0.1) is 0 Å². The van der Waals surface area contributed by atoms with Crippen molar-refractivity contribution in [1.82, 2.24) is 15.1 Å². The Labute approximate surface area is 139 Å². The van der Waals surface area contributed by atoms with Gasteiger partial charge in [-0.25, -0.2) is 0 Å². The van der Waals surface area contributed by atoms with E-state index in [4.69, 9.17) is 0 Å². The Morgan fingerprint density at radius 2 is 2.10 bits per heavy atom. The number of hydrogen-bond acceptors (Lipinski definition) is 3. The molecule has 2 rings (SSSR count). The molecule has 0 amide bonds. The lowest BCUT2D eigenvalue weighted by molar-refractivity contribution is 0.550. The molecule has 1 aromatic heterocycles. The van der Waals surface area contributed by atoms with E-state index in [1.54, 1.807) is 0 Å². The van der Waals surface area contributed by atoms with Gasteiger partial charge in [0.05, 0.1) is 6.20 Å². The molecule has 0 spiro atoms. The van der Waals surface area contributed by atoms with E-state index in [-0.39, 0.29) is 0 Å². The molecule has 5 heteroatoms. The van der Waals surface area contributed by atoms with Gasteiger partial charge in [-0.05, 0) is 49.2 Å². The molecule has 1 heterocycles. The molecule has 1 unspecified atom stereocenters. The minimum atomic E-state index is 0.475. The number of aromatic nitrogens is 2. The first-order valence-electron chi connectivity index (χ1n) is 7.26. The molecule has 0 saturated heterocycles. The molecule has 0 bridgehead atoms. The van der Waals surface area contributed by atoms with Crippen LogP contribution in [0.25, 0.3) is 0 Å². The summed E-state index contributed by atoms with van der Waals surface area (Å²) in [6.45, 7) is 3.27. The Morgan fingerprint density at radius 1 is 1.33 bits per heavy atom. The van der Waals surface area contributed by atoms with Crippen molar-refractivity contribution in [2.24, 2.45) is 7.05 Å². The maximum atomic E-state index is 4.25. The summed E-state index contributed by atoms with van der Waals surface area (Å²) >= 11 is 5.38. The average Bonchev–Trinajstić information content (AvgIpc) is 2.89. The molecule has 0 aliphatic heterocycles. The van der Waals surface area contributed by atoms with Gasteiger partial charge in [-0.3, -0.25) is 4.68 Å². The summed E-state index contributed by atoms with van der Waals surface area (Å²) in [7, 11) is 1.97. The predicted octanol–water partition coefficient (Wildman–Crippen LogP) is 3.89. The van der Waals surface area contributed by atoms with Crippen LogP contribution in [0.5, 0.6) is 0 Å². The van der Waals surface area contributed by atoms with E-state index in [1.807, 2.05) is 29.7 Å². The number of thioether (sulfide) groups is 1. The van der Waals surface area contributed by atoms with Crippen molar-refractivity contribution in [3.8, 4) is 0 Å². The Hall–Kier alpha value is -0.780. The van der Waals surface area contributed by atoms with Crippen LogP contribution < -0.4 is 5.32 Å². The largest absolute Gasteiger partial charge is 0.313 e. The Balaban J connectivity index is 1.90. The fourth-order valence-electron chi connectivity index (χ4n) is 2.13. The molecular weight excluding hydrogens is 346 g/mol. The summed E-state index contributed by atoms with van der Waals surface area (Å²) in [5, 5.41) is 7.90. The molecular formula is C16H22BrN3S. The van der Waals surface area contributed by atoms with Crippen LogP contribution in [-0.4, -0.2) is 28.1 Å². The van der Waals surface area contributed by atoms with Crippen LogP contribution in [0.15, 0.2) is 46.0 Å². The number of aryl methyl sites for hydroxylation is 1. The van der Waals surface area contributed by atoms with E-state index in [2.05, 4.69) is 63.7 Å². The van der Waals surface area contributed by atoms with Crippen LogP contribution >= 0.6 is 27.7 Å². The molecule has 0 aliphatic carbocycles. The third kappa shape index (κ3) is 5.85. The molecule has 0 saturated carbocycles. The van der Waals surface area contributed by atoms with E-state index >= 15 is 0 Å². The SMILES string of the molecule is CCCNC(CSc1ccc(Br)cc1)Cc1cnn(C)c1. The molecule has 1 N–H and O–H groups in total. The van der Waals surface area contributed by atoms with Crippen molar-refractivity contribution in [2.45, 2.75) is 30.7 Å². The van der Waals surface area contributed by atoms with Crippen LogP contribution in [0.2, 0.25) is 0 Å². The van der Waals surface area contributed by atoms with E-state index < -0.39 is 0 Å². The third-order valence-corrected chi connectivity index (χ3v) is 4.89. The van der Waals surface area contributed by atoms with Crippen molar-refractivity contribution in [3.05, 3.63) is 46.7 Å². The number of nitrogens with zero attached hydrogens (tertiary/aromatic N) is 2. The van der Waals surface area contributed by atoms with Gasteiger partial charge in [-0.2, -0.15) is 5.10 Å². The summed E-state index contributed by atoms with van der Waals surface area (Å²) in [6.07, 6.45) is 6.25. The van der Waals surface area contributed by atoms with Crippen molar-refractivity contribution >= 4 is 27.7 Å². The average molecular weight is 368 g/mol. The monoisotopic (exact) mass is 367 g/mol. The van der Waals surface area contributed by atoms with Crippen LogP contribution in [0.1, 0.15) is 18.9 Å². The number of hydrogen-bond donors (Lipinski definition) is 1. The second-order valence-corrected chi connectivity index (χ2v) is 7.15. The first kappa shape index (κ1) is 16.6. The lowest BCUT2D eigenvalue weighted by atomic mass is 10.1. The summed E-state index contributed by atoms with van der Waals surface area (Å²) in [5.41, 5.74) is 1.29. The molecule has 114 valence electrons. The highest BCUT2D eigenvalue weighted by Crippen LogP contribution is 2.22. The fraction of sp³-hybridized carbons (Fsp3) is 0.438.